The summed E-state index contributed by atoms with van der Waals surface area (Å²) in [6.45, 7) is 4.42. The molecule has 3 atom stereocenters. The van der Waals surface area contributed by atoms with Crippen LogP contribution in [0, 0.1) is 10.1 Å². The molecular formula is C22H21N3O4S. The Labute approximate surface area is 178 Å². The second-order valence-corrected chi connectivity index (χ2v) is 8.17. The maximum absolute atomic E-state index is 13.3. The van der Waals surface area contributed by atoms with Crippen molar-refractivity contribution in [2.45, 2.75) is 32.0 Å². The minimum absolute atomic E-state index is 0.0227. The average Bonchev–Trinajstić information content (AvgIpc) is 3.25. The van der Waals surface area contributed by atoms with E-state index >= 15 is 0 Å². The summed E-state index contributed by atoms with van der Waals surface area (Å²) in [5, 5.41) is 13.2. The molecule has 1 aromatic heterocycles. The van der Waals surface area contributed by atoms with Crippen LogP contribution in [0.15, 0.2) is 60.0 Å². The first-order valence-corrected chi connectivity index (χ1v) is 10.5. The predicted octanol–water partition coefficient (Wildman–Crippen LogP) is 4.71. The van der Waals surface area contributed by atoms with Gasteiger partial charge in [0, 0.05) is 23.1 Å². The molecule has 154 valence electrons. The Balaban J connectivity index is 1.57. The second-order valence-electron chi connectivity index (χ2n) is 7.31. The van der Waals surface area contributed by atoms with Crippen molar-refractivity contribution in [1.29, 1.82) is 0 Å². The fourth-order valence-corrected chi connectivity index (χ4v) is 4.57. The number of nitrogens with zero attached hydrogens (tertiary/aromatic N) is 3. The van der Waals surface area contributed by atoms with Gasteiger partial charge in [0.15, 0.2) is 0 Å². The van der Waals surface area contributed by atoms with Crippen LogP contribution in [0.5, 0.6) is 0 Å². The maximum Gasteiger partial charge on any atom is 0.274 e. The molecule has 3 aromatic rings. The highest BCUT2D eigenvalue weighted by Crippen LogP contribution is 2.33. The molecule has 1 aliphatic rings. The largest absolute Gasteiger partial charge is 0.369 e. The van der Waals surface area contributed by atoms with E-state index in [1.807, 2.05) is 49.1 Å². The lowest BCUT2D eigenvalue weighted by Crippen LogP contribution is -2.53. The summed E-state index contributed by atoms with van der Waals surface area (Å²) < 4.78 is 6.04. The number of morpholine rings is 1. The number of non-ortho nitro benzene ring substituents is 1. The van der Waals surface area contributed by atoms with E-state index in [4.69, 9.17) is 4.74 Å². The second kappa shape index (κ2) is 8.33. The summed E-state index contributed by atoms with van der Waals surface area (Å²) in [6, 6.07) is 15.9. The Morgan fingerprint density at radius 3 is 2.53 bits per heavy atom. The third-order valence-corrected chi connectivity index (χ3v) is 6.17. The van der Waals surface area contributed by atoms with Crippen LogP contribution in [0.2, 0.25) is 0 Å². The monoisotopic (exact) mass is 423 g/mol. The molecule has 0 unspecified atom stereocenters. The zero-order valence-electron chi connectivity index (χ0n) is 16.6. The van der Waals surface area contributed by atoms with Crippen LogP contribution in [-0.2, 0) is 4.74 Å². The number of carbonyl (C=O) groups is 1. The maximum atomic E-state index is 13.3. The van der Waals surface area contributed by atoms with Crippen LogP contribution in [0.4, 0.5) is 5.69 Å². The highest BCUT2D eigenvalue weighted by molar-refractivity contribution is 7.13. The zero-order valence-corrected chi connectivity index (χ0v) is 17.4. The van der Waals surface area contributed by atoms with Gasteiger partial charge >= 0.3 is 0 Å². The number of ether oxygens (including phenoxy) is 1. The summed E-state index contributed by atoms with van der Waals surface area (Å²) in [6.07, 6.45) is -0.195. The predicted molar refractivity (Wildman–Crippen MR) is 114 cm³/mol. The van der Waals surface area contributed by atoms with Crippen molar-refractivity contribution in [3.05, 3.63) is 81.3 Å². The van der Waals surface area contributed by atoms with Gasteiger partial charge in [-0.15, -0.1) is 11.3 Å². The molecule has 2 aromatic carbocycles. The highest BCUT2D eigenvalue weighted by atomic mass is 32.1. The quantitative estimate of drug-likeness (QED) is 0.448. The fourth-order valence-electron chi connectivity index (χ4n) is 3.77. The molecule has 1 fully saturated rings. The number of nitro groups is 1. The molecule has 30 heavy (non-hydrogen) atoms. The van der Waals surface area contributed by atoms with E-state index in [0.29, 0.717) is 17.3 Å². The smallest absolute Gasteiger partial charge is 0.274 e. The Morgan fingerprint density at radius 2 is 1.87 bits per heavy atom. The van der Waals surface area contributed by atoms with Gasteiger partial charge in [-0.25, -0.2) is 4.98 Å². The molecule has 8 heteroatoms. The number of hydrogen-bond donors (Lipinski definition) is 0. The van der Waals surface area contributed by atoms with Crippen molar-refractivity contribution >= 4 is 22.9 Å². The molecule has 1 aliphatic heterocycles. The summed E-state index contributed by atoms with van der Waals surface area (Å²) >= 11 is 1.35. The van der Waals surface area contributed by atoms with E-state index in [0.717, 1.165) is 11.1 Å². The van der Waals surface area contributed by atoms with E-state index < -0.39 is 4.92 Å². The van der Waals surface area contributed by atoms with Gasteiger partial charge in [0.25, 0.3) is 11.6 Å². The van der Waals surface area contributed by atoms with E-state index in [9.17, 15) is 14.9 Å². The molecule has 0 aliphatic carbocycles. The van der Waals surface area contributed by atoms with Gasteiger partial charge in [-0.05, 0) is 31.5 Å². The molecule has 1 saturated heterocycles. The number of carbonyl (C=O) groups excluding carboxylic acids is 1. The van der Waals surface area contributed by atoms with Crippen molar-refractivity contribution in [3.8, 4) is 10.6 Å². The van der Waals surface area contributed by atoms with Gasteiger partial charge in [0.2, 0.25) is 0 Å². The lowest BCUT2D eigenvalue weighted by Gasteiger charge is -2.43. The average molecular weight is 423 g/mol. The third-order valence-electron chi connectivity index (χ3n) is 5.28. The molecule has 4 rings (SSSR count). The normalized spacial score (nSPS) is 21.4. The number of rotatable bonds is 4. The third kappa shape index (κ3) is 3.83. The van der Waals surface area contributed by atoms with E-state index in [2.05, 4.69) is 4.98 Å². The zero-order chi connectivity index (χ0) is 21.3. The number of hydrogen-bond acceptors (Lipinski definition) is 6. The SMILES string of the molecule is C[C@@H]1CO[C@H](c2ccccc2)[C@@H](C)N1C(=O)c1csc(-c2ccc([N+](=O)[O-])cc2)n1. The Bertz CT molecular complexity index is 1050. The summed E-state index contributed by atoms with van der Waals surface area (Å²) in [7, 11) is 0. The number of thiazole rings is 1. The van der Waals surface area contributed by atoms with E-state index in [1.54, 1.807) is 17.5 Å². The molecule has 0 radical (unpaired) electrons. The molecular weight excluding hydrogens is 402 g/mol. The van der Waals surface area contributed by atoms with Crippen LogP contribution in [0.3, 0.4) is 0 Å². The summed E-state index contributed by atoms with van der Waals surface area (Å²) in [5.41, 5.74) is 2.18. The van der Waals surface area contributed by atoms with Crippen molar-refractivity contribution < 1.29 is 14.5 Å². The Kier molecular flexibility index (Phi) is 5.61. The van der Waals surface area contributed by atoms with E-state index in [-0.39, 0.29) is 29.8 Å². The van der Waals surface area contributed by atoms with Gasteiger partial charge in [-0.1, -0.05) is 30.3 Å². The molecule has 0 saturated carbocycles. The lowest BCUT2D eigenvalue weighted by atomic mass is 9.98. The molecule has 2 heterocycles. The lowest BCUT2D eigenvalue weighted by molar-refractivity contribution is -0.384. The standard InChI is InChI=1S/C22H21N3O4S/c1-14-12-29-20(16-6-4-3-5-7-16)15(2)24(14)22(26)19-13-30-21(23-19)17-8-10-18(11-9-17)25(27)28/h3-11,13-15,20H,12H2,1-2H3/t14-,15-,20+/m1/s1. The van der Waals surface area contributed by atoms with Gasteiger partial charge in [-0.2, -0.15) is 0 Å². The molecule has 0 spiro atoms. The first kappa shape index (κ1) is 20.2. The fraction of sp³-hybridized carbons (Fsp3) is 0.273. The van der Waals surface area contributed by atoms with Gasteiger partial charge in [0.05, 0.1) is 23.6 Å². The number of amides is 1. The van der Waals surface area contributed by atoms with Crippen molar-refractivity contribution in [3.63, 3.8) is 0 Å². The van der Waals surface area contributed by atoms with Crippen LogP contribution in [-0.4, -0.2) is 39.4 Å². The molecule has 7 nitrogen and oxygen atoms in total. The van der Waals surface area contributed by atoms with Crippen LogP contribution in [0.1, 0.15) is 36.0 Å². The van der Waals surface area contributed by atoms with E-state index in [1.165, 1.54) is 23.5 Å². The van der Waals surface area contributed by atoms with Crippen LogP contribution < -0.4 is 0 Å². The van der Waals surface area contributed by atoms with Crippen molar-refractivity contribution in [2.24, 2.45) is 0 Å². The Morgan fingerprint density at radius 1 is 1.17 bits per heavy atom. The van der Waals surface area contributed by atoms with Gasteiger partial charge in [0.1, 0.15) is 16.8 Å². The van der Waals surface area contributed by atoms with Gasteiger partial charge in [-0.3, -0.25) is 14.9 Å². The first-order chi connectivity index (χ1) is 14.5. The first-order valence-electron chi connectivity index (χ1n) is 9.65. The van der Waals surface area contributed by atoms with Gasteiger partial charge < -0.3 is 9.64 Å². The molecule has 1 amide bonds. The summed E-state index contributed by atoms with van der Waals surface area (Å²) in [4.78, 5) is 30.1. The van der Waals surface area contributed by atoms with Crippen molar-refractivity contribution in [1.82, 2.24) is 9.88 Å². The Hall–Kier alpha value is -3.10. The molecule has 0 bridgehead atoms. The summed E-state index contributed by atoms with van der Waals surface area (Å²) in [5.74, 6) is -0.136. The van der Waals surface area contributed by atoms with Crippen LogP contribution >= 0.6 is 11.3 Å². The highest BCUT2D eigenvalue weighted by Gasteiger charge is 2.38. The van der Waals surface area contributed by atoms with Crippen LogP contribution in [0.25, 0.3) is 10.6 Å². The van der Waals surface area contributed by atoms with Crippen molar-refractivity contribution in [2.75, 3.05) is 6.61 Å². The molecule has 0 N–H and O–H groups in total. The number of nitro benzene ring substituents is 1. The number of aromatic nitrogens is 1. The minimum Gasteiger partial charge on any atom is -0.369 e. The topological polar surface area (TPSA) is 85.6 Å². The minimum atomic E-state index is -0.440. The number of benzene rings is 2.